The normalized spacial score (nSPS) is 18.1. The van der Waals surface area contributed by atoms with E-state index in [0.717, 1.165) is 23.4 Å². The monoisotopic (exact) mass is 565 g/mol. The van der Waals surface area contributed by atoms with E-state index in [9.17, 15) is 23.2 Å². The third-order valence-electron chi connectivity index (χ3n) is 6.11. The number of anilines is 2. The molecule has 1 fully saturated rings. The minimum Gasteiger partial charge on any atom is -0.384 e. The van der Waals surface area contributed by atoms with Gasteiger partial charge in [0.1, 0.15) is 4.91 Å². The van der Waals surface area contributed by atoms with Crippen LogP contribution < -0.4 is 10.2 Å². The number of carbonyl (C=O) groups is 1. The molecular weight excluding hydrogens is 543 g/mol. The van der Waals surface area contributed by atoms with Crippen molar-refractivity contribution in [3.8, 4) is 6.07 Å². The van der Waals surface area contributed by atoms with Crippen LogP contribution in [0.3, 0.4) is 0 Å². The molecule has 0 bridgehead atoms. The molecule has 1 saturated heterocycles. The molecule has 0 radical (unpaired) electrons. The zero-order valence-electron chi connectivity index (χ0n) is 20.9. The second-order valence-corrected chi connectivity index (χ2v) is 10.7. The Labute approximate surface area is 232 Å². The highest BCUT2D eigenvalue weighted by Crippen LogP contribution is 2.51. The molecular formula is C28H22F3N5OS2. The van der Waals surface area contributed by atoms with E-state index < -0.39 is 11.7 Å². The molecule has 1 N–H and O–H groups in total. The summed E-state index contributed by atoms with van der Waals surface area (Å²) < 4.78 is 40.1. The molecule has 3 aromatic carbocycles. The molecule has 0 spiro atoms. The Hall–Kier alpha value is -3.88. The number of aliphatic imine (C=N–C) groups is 1. The second kappa shape index (κ2) is 10.7. The van der Waals surface area contributed by atoms with Gasteiger partial charge in [0.05, 0.1) is 45.8 Å². The van der Waals surface area contributed by atoms with Crippen LogP contribution in [0, 0.1) is 11.3 Å². The summed E-state index contributed by atoms with van der Waals surface area (Å²) in [7, 11) is 1.66. The zero-order chi connectivity index (χ0) is 27.7. The number of fused-ring (bicyclic) bond motifs is 1. The molecule has 0 unspecified atom stereocenters. The van der Waals surface area contributed by atoms with Gasteiger partial charge in [0.2, 0.25) is 0 Å². The topological polar surface area (TPSA) is 71.7 Å². The number of hydrogen-bond donors (Lipinski definition) is 1. The first kappa shape index (κ1) is 26.7. The van der Waals surface area contributed by atoms with E-state index in [-0.39, 0.29) is 12.5 Å². The predicted molar refractivity (Wildman–Crippen MR) is 150 cm³/mol. The maximum absolute atomic E-state index is 13.8. The fraction of sp³-hybridized carbons (Fsp3) is 0.179. The van der Waals surface area contributed by atoms with Crippen molar-refractivity contribution in [2.24, 2.45) is 4.99 Å². The maximum Gasteiger partial charge on any atom is 0.416 e. The van der Waals surface area contributed by atoms with Gasteiger partial charge in [-0.3, -0.25) is 9.69 Å². The molecule has 1 amide bonds. The van der Waals surface area contributed by atoms with E-state index in [0.29, 0.717) is 43.5 Å². The summed E-state index contributed by atoms with van der Waals surface area (Å²) in [5.74, 6) is -0.290. The van der Waals surface area contributed by atoms with E-state index >= 15 is 0 Å². The van der Waals surface area contributed by atoms with Crippen LogP contribution in [0.5, 0.6) is 0 Å². The third-order valence-corrected chi connectivity index (χ3v) is 8.54. The van der Waals surface area contributed by atoms with Gasteiger partial charge in [0.15, 0.2) is 5.17 Å². The summed E-state index contributed by atoms with van der Waals surface area (Å²) in [4.78, 5) is 22.9. The summed E-state index contributed by atoms with van der Waals surface area (Å²) in [6.45, 7) is 2.84. The van der Waals surface area contributed by atoms with E-state index in [2.05, 4.69) is 11.4 Å². The smallest absolute Gasteiger partial charge is 0.384 e. The minimum absolute atomic E-state index is 0.260. The number of nitrogens with zero attached hydrogens (tertiary/aromatic N) is 4. The zero-order valence-corrected chi connectivity index (χ0v) is 22.5. The first-order valence-corrected chi connectivity index (χ1v) is 13.6. The molecule has 2 aliphatic heterocycles. The molecule has 0 aliphatic carbocycles. The Morgan fingerprint density at radius 2 is 1.82 bits per heavy atom. The van der Waals surface area contributed by atoms with Crippen molar-refractivity contribution in [3.63, 3.8) is 0 Å². The quantitative estimate of drug-likeness (QED) is 0.331. The molecule has 5 rings (SSSR count). The van der Waals surface area contributed by atoms with Gasteiger partial charge in [-0.25, -0.2) is 4.99 Å². The van der Waals surface area contributed by atoms with Crippen LogP contribution in [0.2, 0.25) is 0 Å². The van der Waals surface area contributed by atoms with Crippen molar-refractivity contribution in [2.45, 2.75) is 24.5 Å². The lowest BCUT2D eigenvalue weighted by molar-refractivity contribution is -0.137. The Bertz CT molecular complexity index is 1550. The lowest BCUT2D eigenvalue weighted by Gasteiger charge is -2.17. The molecule has 3 aromatic rings. The average Bonchev–Trinajstić information content (AvgIpc) is 3.41. The summed E-state index contributed by atoms with van der Waals surface area (Å²) in [6, 6.07) is 20.3. The molecule has 39 heavy (non-hydrogen) atoms. The van der Waals surface area contributed by atoms with Gasteiger partial charge in [-0.05, 0) is 60.6 Å². The molecule has 11 heteroatoms. The van der Waals surface area contributed by atoms with Crippen molar-refractivity contribution in [1.82, 2.24) is 4.90 Å². The summed E-state index contributed by atoms with van der Waals surface area (Å²) in [6.07, 6.45) is -4.47. The number of amides is 1. The van der Waals surface area contributed by atoms with Crippen molar-refractivity contribution >= 4 is 51.7 Å². The number of halogens is 3. The number of benzene rings is 3. The molecule has 2 heterocycles. The predicted octanol–water partition coefficient (Wildman–Crippen LogP) is 7.18. The summed E-state index contributed by atoms with van der Waals surface area (Å²) >= 11 is 2.43. The number of thioether (sulfide) groups is 2. The summed E-state index contributed by atoms with van der Waals surface area (Å²) in [5, 5.41) is 13.6. The highest BCUT2D eigenvalue weighted by atomic mass is 32.2. The molecule has 2 aliphatic rings. The number of nitriles is 1. The molecule has 0 atom stereocenters. The van der Waals surface area contributed by atoms with E-state index in [1.54, 1.807) is 35.0 Å². The standard InChI is InChI=1S/C28H22F3N5OS2/c1-3-33-20-11-9-18(15-32)13-21(20)34-27-36(16-17-7-5-4-6-8-17)25(37)24(39-27)26-35(2)22-14-19(28(29,30)31)10-12-23(22)38-26/h4-14,33H,3,16H2,1-2H3/b26-24-,34-27?. The van der Waals surface area contributed by atoms with Gasteiger partial charge in [-0.15, -0.1) is 0 Å². The number of amidine groups is 1. The maximum atomic E-state index is 13.8. The Morgan fingerprint density at radius 1 is 1.05 bits per heavy atom. The SMILES string of the molecule is CCNc1ccc(C#N)cc1N=C1S/C(=C2\Sc3ccc(C(F)(F)F)cc3N2C)C(=O)N1Cc1ccccc1. The van der Waals surface area contributed by atoms with Gasteiger partial charge in [0.25, 0.3) is 5.91 Å². The van der Waals surface area contributed by atoms with Crippen molar-refractivity contribution in [2.75, 3.05) is 23.8 Å². The fourth-order valence-electron chi connectivity index (χ4n) is 4.18. The van der Waals surface area contributed by atoms with Crippen LogP contribution in [0.25, 0.3) is 0 Å². The molecule has 0 aromatic heterocycles. The number of nitrogens with one attached hydrogen (secondary N) is 1. The highest BCUT2D eigenvalue weighted by molar-refractivity contribution is 8.19. The number of hydrogen-bond acceptors (Lipinski definition) is 7. The Kier molecular flexibility index (Phi) is 7.34. The van der Waals surface area contributed by atoms with Crippen molar-refractivity contribution in [1.29, 1.82) is 5.26 Å². The summed E-state index contributed by atoms with van der Waals surface area (Å²) in [5.41, 5.74) is 2.21. The van der Waals surface area contributed by atoms with Crippen molar-refractivity contribution < 1.29 is 18.0 Å². The molecule has 6 nitrogen and oxygen atoms in total. The fourth-order valence-corrected chi connectivity index (χ4v) is 6.50. The molecule has 0 saturated carbocycles. The number of rotatable bonds is 5. The lowest BCUT2D eigenvalue weighted by Crippen LogP contribution is -2.29. The third kappa shape index (κ3) is 5.35. The highest BCUT2D eigenvalue weighted by Gasteiger charge is 2.40. The van der Waals surface area contributed by atoms with Gasteiger partial charge in [-0.1, -0.05) is 42.1 Å². The second-order valence-electron chi connectivity index (χ2n) is 8.72. The number of carbonyl (C=O) groups excluding carboxylic acids is 1. The van der Waals surface area contributed by atoms with E-state index in [1.165, 1.54) is 29.6 Å². The van der Waals surface area contributed by atoms with Crippen LogP contribution in [0.4, 0.5) is 30.2 Å². The first-order chi connectivity index (χ1) is 18.7. The Balaban J connectivity index is 1.58. The Morgan fingerprint density at radius 3 is 2.51 bits per heavy atom. The average molecular weight is 566 g/mol. The van der Waals surface area contributed by atoms with E-state index in [4.69, 9.17) is 4.99 Å². The van der Waals surface area contributed by atoms with Crippen LogP contribution in [-0.4, -0.2) is 29.6 Å². The first-order valence-electron chi connectivity index (χ1n) is 12.0. The van der Waals surface area contributed by atoms with Crippen LogP contribution in [0.1, 0.15) is 23.6 Å². The van der Waals surface area contributed by atoms with Gasteiger partial charge in [0, 0.05) is 18.5 Å². The van der Waals surface area contributed by atoms with Crippen LogP contribution in [-0.2, 0) is 17.5 Å². The van der Waals surface area contributed by atoms with Gasteiger partial charge in [-0.2, -0.15) is 18.4 Å². The van der Waals surface area contributed by atoms with Crippen LogP contribution in [0.15, 0.2) is 86.6 Å². The minimum atomic E-state index is -4.47. The molecule has 198 valence electrons. The number of alkyl halides is 3. The van der Waals surface area contributed by atoms with Gasteiger partial charge >= 0.3 is 6.18 Å². The van der Waals surface area contributed by atoms with E-state index in [1.807, 2.05) is 37.3 Å². The largest absolute Gasteiger partial charge is 0.416 e. The lowest BCUT2D eigenvalue weighted by atomic mass is 10.2. The van der Waals surface area contributed by atoms with Crippen LogP contribution >= 0.6 is 23.5 Å². The van der Waals surface area contributed by atoms with Gasteiger partial charge < -0.3 is 10.2 Å². The van der Waals surface area contributed by atoms with Crippen molar-refractivity contribution in [3.05, 3.63) is 93.4 Å².